The van der Waals surface area contributed by atoms with Crippen molar-refractivity contribution in [3.05, 3.63) is 67.5 Å². The summed E-state index contributed by atoms with van der Waals surface area (Å²) in [7, 11) is 0. The minimum atomic E-state index is -0.458. The van der Waals surface area contributed by atoms with Gasteiger partial charge < -0.3 is 4.98 Å². The van der Waals surface area contributed by atoms with E-state index in [-0.39, 0.29) is 5.56 Å². The van der Waals surface area contributed by atoms with Gasteiger partial charge in [0.25, 0.3) is 5.56 Å². The van der Waals surface area contributed by atoms with Crippen molar-refractivity contribution in [2.45, 2.75) is 20.3 Å². The molecule has 0 aliphatic rings. The van der Waals surface area contributed by atoms with Crippen molar-refractivity contribution < 1.29 is 0 Å². The maximum absolute atomic E-state index is 11.7. The zero-order chi connectivity index (χ0) is 12.4. The summed E-state index contributed by atoms with van der Waals surface area (Å²) >= 11 is 0. The lowest BCUT2D eigenvalue weighted by molar-refractivity contribution is 0.934. The van der Waals surface area contributed by atoms with Crippen molar-refractivity contribution in [3.63, 3.8) is 0 Å². The second-order valence-corrected chi connectivity index (χ2v) is 4.17. The summed E-state index contributed by atoms with van der Waals surface area (Å²) in [5.41, 5.74) is 2.69. The Morgan fingerprint density at radius 2 is 1.65 bits per heavy atom. The summed E-state index contributed by atoms with van der Waals surface area (Å²) in [5.74, 6) is 0. The highest BCUT2D eigenvalue weighted by Crippen LogP contribution is 2.08. The largest absolute Gasteiger partial charge is 0.325 e. The van der Waals surface area contributed by atoms with Gasteiger partial charge in [0, 0.05) is 17.7 Å². The molecule has 2 aromatic rings. The standard InChI is InChI=1S/C13H14N2O2/c1-8-3-5-10(6-4-8)7-11-9(2)14-13(17)15-12(11)16/h3-6H,7H2,1-2H3,(H2,14,15,16,17). The summed E-state index contributed by atoms with van der Waals surface area (Å²) < 4.78 is 0. The predicted octanol–water partition coefficient (Wildman–Crippen LogP) is 1.27. The number of hydrogen-bond donors (Lipinski definition) is 2. The van der Waals surface area contributed by atoms with Crippen LogP contribution in [0, 0.1) is 13.8 Å². The number of aryl methyl sites for hydroxylation is 2. The average Bonchev–Trinajstić information content (AvgIpc) is 2.26. The third-order valence-electron chi connectivity index (χ3n) is 2.76. The van der Waals surface area contributed by atoms with E-state index in [1.165, 1.54) is 5.56 Å². The van der Waals surface area contributed by atoms with E-state index in [1.54, 1.807) is 6.92 Å². The molecule has 0 amide bonds. The molecular weight excluding hydrogens is 216 g/mol. The van der Waals surface area contributed by atoms with E-state index in [0.29, 0.717) is 17.7 Å². The number of benzene rings is 1. The van der Waals surface area contributed by atoms with E-state index in [0.717, 1.165) is 5.56 Å². The molecule has 0 spiro atoms. The molecule has 2 rings (SSSR count). The minimum Gasteiger partial charge on any atom is -0.311 e. The van der Waals surface area contributed by atoms with Gasteiger partial charge >= 0.3 is 5.69 Å². The molecule has 0 saturated carbocycles. The summed E-state index contributed by atoms with van der Waals surface area (Å²) in [6.45, 7) is 3.75. The van der Waals surface area contributed by atoms with Crippen LogP contribution < -0.4 is 11.2 Å². The van der Waals surface area contributed by atoms with Crippen molar-refractivity contribution in [1.29, 1.82) is 0 Å². The predicted molar refractivity (Wildman–Crippen MR) is 66.4 cm³/mol. The van der Waals surface area contributed by atoms with Crippen LogP contribution in [0.4, 0.5) is 0 Å². The second-order valence-electron chi connectivity index (χ2n) is 4.17. The lowest BCUT2D eigenvalue weighted by Crippen LogP contribution is -2.27. The summed E-state index contributed by atoms with van der Waals surface area (Å²) in [4.78, 5) is 27.6. The molecule has 0 unspecified atom stereocenters. The van der Waals surface area contributed by atoms with Gasteiger partial charge in [-0.1, -0.05) is 29.8 Å². The van der Waals surface area contributed by atoms with Gasteiger partial charge in [0.2, 0.25) is 0 Å². The third-order valence-corrected chi connectivity index (χ3v) is 2.76. The molecule has 1 aromatic heterocycles. The Bertz CT molecular complexity index is 636. The molecule has 1 aromatic carbocycles. The van der Waals surface area contributed by atoms with Gasteiger partial charge in [-0.05, 0) is 19.4 Å². The molecule has 0 bridgehead atoms. The Balaban J connectivity index is 2.40. The van der Waals surface area contributed by atoms with Gasteiger partial charge in [-0.3, -0.25) is 9.78 Å². The highest BCUT2D eigenvalue weighted by Gasteiger charge is 2.06. The quantitative estimate of drug-likeness (QED) is 0.816. The summed E-state index contributed by atoms with van der Waals surface area (Å²) in [6, 6.07) is 7.98. The molecule has 0 fully saturated rings. The van der Waals surface area contributed by atoms with E-state index in [9.17, 15) is 9.59 Å². The van der Waals surface area contributed by atoms with E-state index >= 15 is 0 Å². The number of rotatable bonds is 2. The molecule has 0 aliphatic carbocycles. The molecule has 1 heterocycles. The Labute approximate surface area is 98.3 Å². The van der Waals surface area contributed by atoms with E-state index < -0.39 is 5.69 Å². The molecule has 0 atom stereocenters. The Morgan fingerprint density at radius 3 is 2.24 bits per heavy atom. The van der Waals surface area contributed by atoms with Crippen LogP contribution in [0.3, 0.4) is 0 Å². The highest BCUT2D eigenvalue weighted by molar-refractivity contribution is 5.28. The molecule has 2 N–H and O–H groups in total. The molecule has 0 aliphatic heterocycles. The first kappa shape index (κ1) is 11.4. The Hall–Kier alpha value is -2.10. The first-order valence-corrected chi connectivity index (χ1v) is 5.44. The number of H-pyrrole nitrogens is 2. The first-order valence-electron chi connectivity index (χ1n) is 5.44. The van der Waals surface area contributed by atoms with Crippen LogP contribution >= 0.6 is 0 Å². The van der Waals surface area contributed by atoms with Crippen LogP contribution in [0.5, 0.6) is 0 Å². The summed E-state index contributed by atoms with van der Waals surface area (Å²) in [6.07, 6.45) is 0.526. The van der Waals surface area contributed by atoms with Crippen LogP contribution in [0.25, 0.3) is 0 Å². The Morgan fingerprint density at radius 1 is 1.00 bits per heavy atom. The molecule has 17 heavy (non-hydrogen) atoms. The van der Waals surface area contributed by atoms with Gasteiger partial charge in [-0.25, -0.2) is 4.79 Å². The summed E-state index contributed by atoms with van der Waals surface area (Å²) in [5, 5.41) is 0. The van der Waals surface area contributed by atoms with E-state index in [4.69, 9.17) is 0 Å². The van der Waals surface area contributed by atoms with Gasteiger partial charge in [0.15, 0.2) is 0 Å². The SMILES string of the molecule is Cc1ccc(Cc2c(C)[nH]c(=O)[nH]c2=O)cc1. The molecule has 0 saturated heterocycles. The van der Waals surface area contributed by atoms with Crippen LogP contribution in [0.2, 0.25) is 0 Å². The first-order chi connectivity index (χ1) is 8.06. The third kappa shape index (κ3) is 2.53. The number of hydrogen-bond acceptors (Lipinski definition) is 2. The van der Waals surface area contributed by atoms with Gasteiger partial charge in [0.05, 0.1) is 0 Å². The topological polar surface area (TPSA) is 65.7 Å². The van der Waals surface area contributed by atoms with E-state index in [2.05, 4.69) is 9.97 Å². The minimum absolute atomic E-state index is 0.313. The number of aromatic amines is 2. The maximum Gasteiger partial charge on any atom is 0.325 e. The van der Waals surface area contributed by atoms with Gasteiger partial charge in [0.1, 0.15) is 0 Å². The zero-order valence-electron chi connectivity index (χ0n) is 9.83. The van der Waals surface area contributed by atoms with Crippen LogP contribution in [-0.2, 0) is 6.42 Å². The van der Waals surface area contributed by atoms with Crippen molar-refractivity contribution in [3.8, 4) is 0 Å². The fourth-order valence-corrected chi connectivity index (χ4v) is 1.75. The fraction of sp³-hybridized carbons (Fsp3) is 0.231. The normalized spacial score (nSPS) is 10.5. The van der Waals surface area contributed by atoms with Gasteiger partial charge in [-0.15, -0.1) is 0 Å². The lowest BCUT2D eigenvalue weighted by atomic mass is 10.0. The molecular formula is C13H14N2O2. The molecule has 0 radical (unpaired) electrons. The average molecular weight is 230 g/mol. The molecule has 88 valence electrons. The lowest BCUT2D eigenvalue weighted by Gasteiger charge is -2.04. The van der Waals surface area contributed by atoms with Crippen molar-refractivity contribution in [1.82, 2.24) is 9.97 Å². The van der Waals surface area contributed by atoms with Gasteiger partial charge in [-0.2, -0.15) is 0 Å². The number of aromatic nitrogens is 2. The van der Waals surface area contributed by atoms with Crippen LogP contribution in [0.1, 0.15) is 22.4 Å². The van der Waals surface area contributed by atoms with Crippen LogP contribution in [0.15, 0.2) is 33.9 Å². The fourth-order valence-electron chi connectivity index (χ4n) is 1.75. The smallest absolute Gasteiger partial charge is 0.311 e. The van der Waals surface area contributed by atoms with Crippen molar-refractivity contribution in [2.24, 2.45) is 0 Å². The van der Waals surface area contributed by atoms with E-state index in [1.807, 2.05) is 31.2 Å². The zero-order valence-corrected chi connectivity index (χ0v) is 9.83. The molecule has 4 heteroatoms. The number of nitrogens with one attached hydrogen (secondary N) is 2. The van der Waals surface area contributed by atoms with Crippen molar-refractivity contribution in [2.75, 3.05) is 0 Å². The second kappa shape index (κ2) is 4.41. The highest BCUT2D eigenvalue weighted by atomic mass is 16.2. The maximum atomic E-state index is 11.7. The molecule has 4 nitrogen and oxygen atoms in total. The van der Waals surface area contributed by atoms with Crippen LogP contribution in [-0.4, -0.2) is 9.97 Å². The monoisotopic (exact) mass is 230 g/mol. The Kier molecular flexibility index (Phi) is 2.95. The van der Waals surface area contributed by atoms with Crippen molar-refractivity contribution >= 4 is 0 Å².